The number of nitrogens with zero attached hydrogens (tertiary/aromatic N) is 2. The van der Waals surface area contributed by atoms with Gasteiger partial charge in [-0.2, -0.15) is 26.3 Å². The zero-order chi connectivity index (χ0) is 23.8. The Labute approximate surface area is 185 Å². The van der Waals surface area contributed by atoms with Gasteiger partial charge in [0.05, 0.1) is 22.9 Å². The molecule has 0 saturated carbocycles. The number of para-hydroxylation sites is 1. The Balaban J connectivity index is 1.71. The SMILES string of the molecule is O=C(Nc1ccccc1C(F)(F)F)N1CCCn2cccc2C1c1ccc(C(F)(F)F)cc1. The standard InChI is InChI=1S/C23H19F6N3O/c24-22(25,26)16-10-8-15(9-11-16)20-19-7-3-12-31(19)13-4-14-32(20)21(33)30-18-6-2-1-5-17(18)23(27,28)29/h1-3,5-12,20H,4,13-14H2,(H,30,33). The number of halogens is 6. The summed E-state index contributed by atoms with van der Waals surface area (Å²) in [5, 5.41) is 2.35. The first-order chi connectivity index (χ1) is 15.6. The number of hydrogen-bond acceptors (Lipinski definition) is 1. The number of hydrogen-bond donors (Lipinski definition) is 1. The van der Waals surface area contributed by atoms with E-state index in [2.05, 4.69) is 5.32 Å². The van der Waals surface area contributed by atoms with E-state index in [1.807, 2.05) is 4.57 Å². The number of anilines is 1. The maximum atomic E-state index is 13.4. The molecular formula is C23H19F6N3O. The van der Waals surface area contributed by atoms with Crippen LogP contribution in [0.1, 0.15) is 34.8 Å². The topological polar surface area (TPSA) is 37.3 Å². The zero-order valence-corrected chi connectivity index (χ0v) is 17.1. The average Bonchev–Trinajstić information content (AvgIpc) is 3.12. The Bertz CT molecular complexity index is 1130. The van der Waals surface area contributed by atoms with Crippen molar-refractivity contribution in [2.45, 2.75) is 31.4 Å². The predicted molar refractivity (Wildman–Crippen MR) is 110 cm³/mol. The van der Waals surface area contributed by atoms with Crippen LogP contribution in [0.4, 0.5) is 36.8 Å². The maximum absolute atomic E-state index is 13.4. The lowest BCUT2D eigenvalue weighted by atomic mass is 10.0. The van der Waals surface area contributed by atoms with Crippen molar-refractivity contribution in [2.24, 2.45) is 0 Å². The molecule has 1 N–H and O–H groups in total. The first-order valence-corrected chi connectivity index (χ1v) is 10.1. The smallest absolute Gasteiger partial charge is 0.349 e. The van der Waals surface area contributed by atoms with Crippen LogP contribution in [0.15, 0.2) is 66.9 Å². The molecule has 0 radical (unpaired) electrons. The monoisotopic (exact) mass is 467 g/mol. The van der Waals surface area contributed by atoms with Crippen molar-refractivity contribution in [3.8, 4) is 0 Å². The minimum atomic E-state index is -4.66. The molecule has 33 heavy (non-hydrogen) atoms. The van der Waals surface area contributed by atoms with Crippen molar-refractivity contribution in [3.63, 3.8) is 0 Å². The molecule has 1 aromatic heterocycles. The van der Waals surface area contributed by atoms with Crippen LogP contribution in [0.2, 0.25) is 0 Å². The summed E-state index contributed by atoms with van der Waals surface area (Å²) in [6, 6.07) is 11.0. The highest BCUT2D eigenvalue weighted by atomic mass is 19.4. The molecule has 1 aliphatic heterocycles. The molecule has 1 unspecified atom stereocenters. The van der Waals surface area contributed by atoms with Gasteiger partial charge in [0.2, 0.25) is 0 Å². The van der Waals surface area contributed by atoms with E-state index in [0.29, 0.717) is 24.2 Å². The van der Waals surface area contributed by atoms with Crippen molar-refractivity contribution in [1.82, 2.24) is 9.47 Å². The molecule has 1 aliphatic rings. The third-order valence-corrected chi connectivity index (χ3v) is 5.54. The number of rotatable bonds is 2. The van der Waals surface area contributed by atoms with Crippen molar-refractivity contribution in [3.05, 3.63) is 89.2 Å². The summed E-state index contributed by atoms with van der Waals surface area (Å²) >= 11 is 0. The molecule has 2 amide bonds. The highest BCUT2D eigenvalue weighted by molar-refractivity contribution is 5.91. The van der Waals surface area contributed by atoms with Gasteiger partial charge >= 0.3 is 18.4 Å². The van der Waals surface area contributed by atoms with E-state index in [1.165, 1.54) is 29.2 Å². The summed E-state index contributed by atoms with van der Waals surface area (Å²) in [5.74, 6) is 0. The highest BCUT2D eigenvalue weighted by Gasteiger charge is 2.36. The van der Waals surface area contributed by atoms with Crippen LogP contribution >= 0.6 is 0 Å². The second-order valence-electron chi connectivity index (χ2n) is 7.67. The molecular weight excluding hydrogens is 448 g/mol. The van der Waals surface area contributed by atoms with Gasteiger partial charge in [0.15, 0.2) is 0 Å². The molecule has 0 spiro atoms. The van der Waals surface area contributed by atoms with Gasteiger partial charge < -0.3 is 14.8 Å². The number of aromatic nitrogens is 1. The number of alkyl halides is 6. The van der Waals surface area contributed by atoms with Crippen LogP contribution in [0.25, 0.3) is 0 Å². The van der Waals surface area contributed by atoms with Gasteiger partial charge in [-0.05, 0) is 48.4 Å². The third-order valence-electron chi connectivity index (χ3n) is 5.54. The van der Waals surface area contributed by atoms with Crippen molar-refractivity contribution < 1.29 is 31.1 Å². The molecule has 0 aliphatic carbocycles. The Kier molecular flexibility index (Phi) is 5.85. The summed E-state index contributed by atoms with van der Waals surface area (Å²) in [4.78, 5) is 14.6. The number of benzene rings is 2. The number of fused-ring (bicyclic) bond motifs is 1. The van der Waals surface area contributed by atoms with E-state index >= 15 is 0 Å². The van der Waals surface area contributed by atoms with E-state index in [1.54, 1.807) is 18.3 Å². The second kappa shape index (κ2) is 8.49. The number of urea groups is 1. The van der Waals surface area contributed by atoms with Crippen molar-refractivity contribution in [1.29, 1.82) is 0 Å². The lowest BCUT2D eigenvalue weighted by Gasteiger charge is -2.31. The van der Waals surface area contributed by atoms with Gasteiger partial charge in [-0.15, -0.1) is 0 Å². The van der Waals surface area contributed by atoms with Gasteiger partial charge in [-0.25, -0.2) is 4.79 Å². The average molecular weight is 467 g/mol. The Morgan fingerprint density at radius 1 is 0.848 bits per heavy atom. The molecule has 3 aromatic rings. The summed E-state index contributed by atoms with van der Waals surface area (Å²) in [6.07, 6.45) is -6.86. The molecule has 4 nitrogen and oxygen atoms in total. The Morgan fingerprint density at radius 2 is 1.55 bits per heavy atom. The van der Waals surface area contributed by atoms with Gasteiger partial charge in [0, 0.05) is 25.0 Å². The van der Waals surface area contributed by atoms with E-state index in [0.717, 1.165) is 24.3 Å². The highest BCUT2D eigenvalue weighted by Crippen LogP contribution is 2.37. The molecule has 2 aromatic carbocycles. The minimum absolute atomic E-state index is 0.202. The van der Waals surface area contributed by atoms with E-state index < -0.39 is 35.6 Å². The summed E-state index contributed by atoms with van der Waals surface area (Å²) in [7, 11) is 0. The number of aryl methyl sites for hydroxylation is 1. The van der Waals surface area contributed by atoms with Crippen LogP contribution in [-0.2, 0) is 18.9 Å². The van der Waals surface area contributed by atoms with E-state index in [9.17, 15) is 31.1 Å². The van der Waals surface area contributed by atoms with Crippen LogP contribution < -0.4 is 5.32 Å². The fourth-order valence-electron chi connectivity index (χ4n) is 4.03. The predicted octanol–water partition coefficient (Wildman–Crippen LogP) is 6.55. The van der Waals surface area contributed by atoms with Crippen LogP contribution in [0.3, 0.4) is 0 Å². The largest absolute Gasteiger partial charge is 0.418 e. The molecule has 174 valence electrons. The Hall–Kier alpha value is -3.43. The van der Waals surface area contributed by atoms with Crippen molar-refractivity contribution in [2.75, 3.05) is 11.9 Å². The first-order valence-electron chi connectivity index (χ1n) is 10.1. The molecule has 1 atom stereocenters. The number of nitrogens with one attached hydrogen (secondary N) is 1. The third kappa shape index (κ3) is 4.69. The summed E-state index contributed by atoms with van der Waals surface area (Å²) in [5.41, 5.74) is -1.12. The minimum Gasteiger partial charge on any atom is -0.349 e. The number of amides is 2. The van der Waals surface area contributed by atoms with Crippen molar-refractivity contribution >= 4 is 11.7 Å². The van der Waals surface area contributed by atoms with Gasteiger partial charge in [-0.3, -0.25) is 0 Å². The van der Waals surface area contributed by atoms with Crippen LogP contribution in [0.5, 0.6) is 0 Å². The number of carbonyl (C=O) groups excluding carboxylic acids is 1. The zero-order valence-electron chi connectivity index (χ0n) is 17.1. The normalized spacial score (nSPS) is 16.8. The maximum Gasteiger partial charge on any atom is 0.418 e. The molecule has 0 fully saturated rings. The van der Waals surface area contributed by atoms with Crippen LogP contribution in [-0.4, -0.2) is 22.0 Å². The molecule has 2 heterocycles. The second-order valence-corrected chi connectivity index (χ2v) is 7.67. The van der Waals surface area contributed by atoms with Gasteiger partial charge in [-0.1, -0.05) is 24.3 Å². The molecule has 0 saturated heterocycles. The van der Waals surface area contributed by atoms with Gasteiger partial charge in [0.1, 0.15) is 0 Å². The summed E-state index contributed by atoms with van der Waals surface area (Å²) < 4.78 is 81.1. The first kappa shape index (κ1) is 22.8. The Morgan fingerprint density at radius 3 is 2.21 bits per heavy atom. The van der Waals surface area contributed by atoms with E-state index in [-0.39, 0.29) is 12.2 Å². The fourth-order valence-corrected chi connectivity index (χ4v) is 4.03. The molecule has 10 heteroatoms. The van der Waals surface area contributed by atoms with Gasteiger partial charge in [0.25, 0.3) is 0 Å². The van der Waals surface area contributed by atoms with E-state index in [4.69, 9.17) is 0 Å². The lowest BCUT2D eigenvalue weighted by Crippen LogP contribution is -2.39. The van der Waals surface area contributed by atoms with Crippen LogP contribution in [0, 0.1) is 0 Å². The lowest BCUT2D eigenvalue weighted by molar-refractivity contribution is -0.138. The summed E-state index contributed by atoms with van der Waals surface area (Å²) in [6.45, 7) is 0.760. The molecule has 4 rings (SSSR count). The molecule has 0 bridgehead atoms. The quantitative estimate of drug-likeness (QED) is 0.426. The number of carbonyl (C=O) groups is 1. The fraction of sp³-hybridized carbons (Fsp3) is 0.261.